The topological polar surface area (TPSA) is 12.0 Å². The van der Waals surface area contributed by atoms with Gasteiger partial charge in [0.15, 0.2) is 0 Å². The van der Waals surface area contributed by atoms with Crippen LogP contribution in [0.3, 0.4) is 0 Å². The second kappa shape index (κ2) is 6.79. The summed E-state index contributed by atoms with van der Waals surface area (Å²) < 4.78 is 0. The molecule has 0 aliphatic heterocycles. The first-order valence-electron chi connectivity index (χ1n) is 6.87. The van der Waals surface area contributed by atoms with E-state index in [-0.39, 0.29) is 0 Å². The van der Waals surface area contributed by atoms with Gasteiger partial charge in [-0.05, 0) is 49.4 Å². The Labute approximate surface area is 120 Å². The van der Waals surface area contributed by atoms with Crippen LogP contribution in [0.4, 0.5) is 0 Å². The lowest BCUT2D eigenvalue weighted by Gasteiger charge is -2.30. The average Bonchev–Trinajstić information content (AvgIpc) is 2.35. The van der Waals surface area contributed by atoms with E-state index in [0.29, 0.717) is 12.0 Å². The van der Waals surface area contributed by atoms with Gasteiger partial charge in [-0.1, -0.05) is 49.0 Å². The van der Waals surface area contributed by atoms with Crippen LogP contribution in [0.15, 0.2) is 18.2 Å². The summed E-state index contributed by atoms with van der Waals surface area (Å²) in [4.78, 5) is 0. The van der Waals surface area contributed by atoms with Crippen molar-refractivity contribution in [2.75, 3.05) is 6.54 Å². The van der Waals surface area contributed by atoms with Crippen molar-refractivity contribution < 1.29 is 0 Å². The maximum atomic E-state index is 6.25. The van der Waals surface area contributed by atoms with Crippen molar-refractivity contribution in [2.24, 2.45) is 5.92 Å². The first kappa shape index (κ1) is 14.2. The Kier molecular flexibility index (Phi) is 5.35. The Balaban J connectivity index is 2.00. The number of hydrogen-bond acceptors (Lipinski definition) is 1. The lowest BCUT2D eigenvalue weighted by molar-refractivity contribution is 0.287. The summed E-state index contributed by atoms with van der Waals surface area (Å²) in [5.41, 5.74) is 1.13. The Bertz CT molecular complexity index is 370. The van der Waals surface area contributed by atoms with Crippen LogP contribution in [0, 0.1) is 5.92 Å². The molecule has 2 atom stereocenters. The summed E-state index contributed by atoms with van der Waals surface area (Å²) in [6.07, 6.45) is 6.17. The maximum absolute atomic E-state index is 6.25. The molecular formula is C15H21Cl2N. The van der Waals surface area contributed by atoms with Crippen molar-refractivity contribution >= 4 is 23.2 Å². The summed E-state index contributed by atoms with van der Waals surface area (Å²) >= 11 is 12.5. The monoisotopic (exact) mass is 285 g/mol. The molecule has 1 saturated carbocycles. The number of hydrogen-bond donors (Lipinski definition) is 1. The molecule has 0 spiro atoms. The molecule has 3 heteroatoms. The zero-order valence-electron chi connectivity index (χ0n) is 10.9. The van der Waals surface area contributed by atoms with E-state index in [1.54, 1.807) is 0 Å². The fraction of sp³-hybridized carbons (Fsp3) is 0.600. The van der Waals surface area contributed by atoms with Gasteiger partial charge in [0.1, 0.15) is 0 Å². The van der Waals surface area contributed by atoms with Crippen LogP contribution in [0.25, 0.3) is 0 Å². The average molecular weight is 286 g/mol. The van der Waals surface area contributed by atoms with Crippen LogP contribution >= 0.6 is 23.2 Å². The van der Waals surface area contributed by atoms with E-state index in [1.807, 2.05) is 18.2 Å². The summed E-state index contributed by atoms with van der Waals surface area (Å²) in [5, 5.41) is 5.19. The van der Waals surface area contributed by atoms with Crippen LogP contribution in [-0.4, -0.2) is 12.6 Å². The number of nitrogens with one attached hydrogen (secondary N) is 1. The summed E-state index contributed by atoms with van der Waals surface area (Å²) in [6.45, 7) is 3.23. The van der Waals surface area contributed by atoms with E-state index in [2.05, 4.69) is 12.2 Å². The minimum absolute atomic E-state index is 0.676. The van der Waals surface area contributed by atoms with E-state index in [4.69, 9.17) is 23.2 Å². The van der Waals surface area contributed by atoms with Crippen LogP contribution in [0.5, 0.6) is 0 Å². The molecule has 1 aliphatic carbocycles. The molecule has 0 heterocycles. The number of benzene rings is 1. The molecule has 2 unspecified atom stereocenters. The minimum Gasteiger partial charge on any atom is -0.314 e. The lowest BCUT2D eigenvalue weighted by atomic mass is 9.82. The molecule has 2 rings (SSSR count). The van der Waals surface area contributed by atoms with E-state index < -0.39 is 0 Å². The predicted molar refractivity (Wildman–Crippen MR) is 79.6 cm³/mol. The molecule has 1 aliphatic rings. The highest BCUT2D eigenvalue weighted by Gasteiger charge is 2.22. The SMILES string of the molecule is CCNC1CCCC(Cc2c(Cl)cccc2Cl)C1. The van der Waals surface area contributed by atoms with Gasteiger partial charge >= 0.3 is 0 Å². The maximum Gasteiger partial charge on any atom is 0.0452 e. The molecule has 1 fully saturated rings. The standard InChI is InChI=1S/C15H21Cl2N/c1-2-18-12-6-3-5-11(9-12)10-13-14(16)7-4-8-15(13)17/h4,7-8,11-12,18H,2-3,5-6,9-10H2,1H3. The van der Waals surface area contributed by atoms with Crippen LogP contribution in [-0.2, 0) is 6.42 Å². The Morgan fingerprint density at radius 2 is 1.94 bits per heavy atom. The fourth-order valence-electron chi connectivity index (χ4n) is 2.97. The van der Waals surface area contributed by atoms with Gasteiger partial charge in [-0.15, -0.1) is 0 Å². The number of rotatable bonds is 4. The van der Waals surface area contributed by atoms with Gasteiger partial charge in [-0.25, -0.2) is 0 Å². The molecule has 100 valence electrons. The highest BCUT2D eigenvalue weighted by molar-refractivity contribution is 6.35. The van der Waals surface area contributed by atoms with Crippen molar-refractivity contribution in [2.45, 2.75) is 45.1 Å². The summed E-state index contributed by atoms with van der Waals surface area (Å²) in [7, 11) is 0. The third-order valence-electron chi connectivity index (χ3n) is 3.83. The van der Waals surface area contributed by atoms with Crippen LogP contribution in [0.2, 0.25) is 10.0 Å². The van der Waals surface area contributed by atoms with Gasteiger partial charge < -0.3 is 5.32 Å². The van der Waals surface area contributed by atoms with Crippen LogP contribution < -0.4 is 5.32 Å². The zero-order valence-corrected chi connectivity index (χ0v) is 12.4. The molecule has 0 aromatic heterocycles. The highest BCUT2D eigenvalue weighted by Crippen LogP contribution is 2.32. The normalized spacial score (nSPS) is 24.2. The first-order valence-corrected chi connectivity index (χ1v) is 7.62. The largest absolute Gasteiger partial charge is 0.314 e. The van der Waals surface area contributed by atoms with E-state index in [0.717, 1.165) is 28.6 Å². The van der Waals surface area contributed by atoms with E-state index in [9.17, 15) is 0 Å². The predicted octanol–water partition coefficient (Wildman–Crippen LogP) is 4.70. The molecule has 0 radical (unpaired) electrons. The highest BCUT2D eigenvalue weighted by atomic mass is 35.5. The van der Waals surface area contributed by atoms with Crippen LogP contribution in [0.1, 0.15) is 38.2 Å². The Morgan fingerprint density at radius 3 is 2.61 bits per heavy atom. The molecule has 1 aromatic rings. The van der Waals surface area contributed by atoms with Gasteiger partial charge in [0, 0.05) is 16.1 Å². The van der Waals surface area contributed by atoms with Crippen molar-refractivity contribution in [3.8, 4) is 0 Å². The lowest BCUT2D eigenvalue weighted by Crippen LogP contribution is -2.34. The molecular weight excluding hydrogens is 265 g/mol. The van der Waals surface area contributed by atoms with Crippen molar-refractivity contribution in [1.29, 1.82) is 0 Å². The van der Waals surface area contributed by atoms with E-state index >= 15 is 0 Å². The Hall–Kier alpha value is -0.240. The molecule has 0 bridgehead atoms. The first-order chi connectivity index (χ1) is 8.70. The molecule has 1 nitrogen and oxygen atoms in total. The quantitative estimate of drug-likeness (QED) is 0.845. The van der Waals surface area contributed by atoms with Gasteiger partial charge in [0.25, 0.3) is 0 Å². The fourth-order valence-corrected chi connectivity index (χ4v) is 3.52. The van der Waals surface area contributed by atoms with Gasteiger partial charge in [-0.2, -0.15) is 0 Å². The summed E-state index contributed by atoms with van der Waals surface area (Å²) in [5.74, 6) is 0.709. The molecule has 18 heavy (non-hydrogen) atoms. The van der Waals surface area contributed by atoms with Crippen molar-refractivity contribution in [3.05, 3.63) is 33.8 Å². The Morgan fingerprint density at radius 1 is 1.22 bits per heavy atom. The third kappa shape index (κ3) is 3.63. The zero-order chi connectivity index (χ0) is 13.0. The smallest absolute Gasteiger partial charge is 0.0452 e. The van der Waals surface area contributed by atoms with Crippen molar-refractivity contribution in [3.63, 3.8) is 0 Å². The van der Waals surface area contributed by atoms with Gasteiger partial charge in [0.2, 0.25) is 0 Å². The number of halogens is 2. The third-order valence-corrected chi connectivity index (χ3v) is 4.54. The second-order valence-electron chi connectivity index (χ2n) is 5.19. The van der Waals surface area contributed by atoms with E-state index in [1.165, 1.54) is 25.7 Å². The summed E-state index contributed by atoms with van der Waals surface area (Å²) in [6, 6.07) is 6.46. The molecule has 0 saturated heterocycles. The molecule has 1 N–H and O–H groups in total. The minimum atomic E-state index is 0.676. The second-order valence-corrected chi connectivity index (χ2v) is 6.01. The van der Waals surface area contributed by atoms with Gasteiger partial charge in [0.05, 0.1) is 0 Å². The van der Waals surface area contributed by atoms with Gasteiger partial charge in [-0.3, -0.25) is 0 Å². The van der Waals surface area contributed by atoms with Crippen molar-refractivity contribution in [1.82, 2.24) is 5.32 Å². The molecule has 1 aromatic carbocycles. The molecule has 0 amide bonds.